The minimum absolute atomic E-state index is 0.0391. The first kappa shape index (κ1) is 29.3. The second kappa shape index (κ2) is 12.9. The van der Waals surface area contributed by atoms with Gasteiger partial charge in [-0.3, -0.25) is 0 Å². The average Bonchev–Trinajstić information content (AvgIpc) is 3.22. The van der Waals surface area contributed by atoms with E-state index < -0.39 is 23.2 Å². The molecule has 8 heteroatoms. The van der Waals surface area contributed by atoms with Gasteiger partial charge >= 0.3 is 135 Å². The monoisotopic (exact) mass is 613 g/mol. The van der Waals surface area contributed by atoms with Crippen molar-refractivity contribution < 1.29 is 22.5 Å². The SMILES string of the molecule is C=S(=O)(c1ccc(OC(C)C)c([CH]=[Ru]([Cl])[Cl])c1)N(C)C.Cc1cc(C)c(N2[CH-]CCC2)c(C)c1. The van der Waals surface area contributed by atoms with Crippen LogP contribution in [0.15, 0.2) is 35.2 Å². The van der Waals surface area contributed by atoms with Gasteiger partial charge in [-0.2, -0.15) is 6.42 Å². The fourth-order valence-corrected chi connectivity index (χ4v) is 6.69. The molecule has 1 atom stereocenters. The van der Waals surface area contributed by atoms with Crippen LogP contribution in [0.5, 0.6) is 5.75 Å². The number of ether oxygens (including phenoxy) is 1. The molecule has 1 unspecified atom stereocenters. The van der Waals surface area contributed by atoms with Crippen LogP contribution in [0.25, 0.3) is 0 Å². The van der Waals surface area contributed by atoms with E-state index in [4.69, 9.17) is 24.1 Å². The molecule has 1 aliphatic rings. The third-order valence-corrected chi connectivity index (χ3v) is 9.37. The molecule has 0 amide bonds. The largest absolute Gasteiger partial charge is 0.522 e. The van der Waals surface area contributed by atoms with Crippen LogP contribution in [0.3, 0.4) is 0 Å². The topological polar surface area (TPSA) is 32.8 Å². The molecule has 1 fully saturated rings. The van der Waals surface area contributed by atoms with Crippen LogP contribution >= 0.6 is 19.4 Å². The summed E-state index contributed by atoms with van der Waals surface area (Å²) >= 11 is -2.00. The van der Waals surface area contributed by atoms with E-state index in [-0.39, 0.29) is 6.10 Å². The van der Waals surface area contributed by atoms with E-state index in [2.05, 4.69) is 50.2 Å². The zero-order chi connectivity index (χ0) is 25.6. The number of rotatable bonds is 6. The van der Waals surface area contributed by atoms with Crippen LogP contribution in [0.1, 0.15) is 48.9 Å². The van der Waals surface area contributed by atoms with Crippen LogP contribution in [0.2, 0.25) is 0 Å². The molecule has 4 nitrogen and oxygen atoms in total. The summed E-state index contributed by atoms with van der Waals surface area (Å²) in [4.78, 5) is 3.04. The fourth-order valence-electron chi connectivity index (χ4n) is 3.89. The molecular formula is C26H37Cl2N2O2RuS-. The van der Waals surface area contributed by atoms with Crippen molar-refractivity contribution in [2.45, 2.75) is 58.5 Å². The van der Waals surface area contributed by atoms with Crippen molar-refractivity contribution in [2.75, 3.05) is 25.5 Å². The van der Waals surface area contributed by atoms with Crippen LogP contribution in [-0.4, -0.2) is 45.7 Å². The minimum atomic E-state index is -2.49. The number of benzene rings is 2. The Kier molecular flexibility index (Phi) is 11.1. The Morgan fingerprint density at radius 3 is 2.26 bits per heavy atom. The normalized spacial score (nSPS) is 15.6. The van der Waals surface area contributed by atoms with Crippen molar-refractivity contribution in [3.63, 3.8) is 0 Å². The molecule has 0 bridgehead atoms. The molecule has 2 aromatic rings. The van der Waals surface area contributed by atoms with Gasteiger partial charge in [-0.25, -0.2) is 6.54 Å². The van der Waals surface area contributed by atoms with E-state index in [0.29, 0.717) is 10.6 Å². The van der Waals surface area contributed by atoms with Gasteiger partial charge < -0.3 is 4.90 Å². The molecule has 0 aromatic heterocycles. The van der Waals surface area contributed by atoms with Gasteiger partial charge in [0.05, 0.1) is 0 Å². The molecule has 1 aliphatic heterocycles. The zero-order valence-corrected chi connectivity index (χ0v) is 25.2. The third kappa shape index (κ3) is 8.06. The Morgan fingerprint density at radius 1 is 1.18 bits per heavy atom. The van der Waals surface area contributed by atoms with E-state index in [1.807, 2.05) is 13.8 Å². The zero-order valence-electron chi connectivity index (χ0n) is 21.2. The van der Waals surface area contributed by atoms with Crippen LogP contribution in [-0.2, 0) is 23.2 Å². The molecular weight excluding hydrogens is 576 g/mol. The van der Waals surface area contributed by atoms with Gasteiger partial charge in [0.15, 0.2) is 0 Å². The Hall–Kier alpha value is -0.907. The number of halogens is 2. The molecule has 1 saturated heterocycles. The van der Waals surface area contributed by atoms with Crippen molar-refractivity contribution in [1.29, 1.82) is 0 Å². The molecule has 0 aliphatic carbocycles. The number of aryl methyl sites for hydroxylation is 3. The van der Waals surface area contributed by atoms with Crippen molar-refractivity contribution in [2.24, 2.45) is 0 Å². The van der Waals surface area contributed by atoms with Crippen molar-refractivity contribution in [3.8, 4) is 5.75 Å². The molecule has 3 rings (SSSR count). The molecule has 0 N–H and O–H groups in total. The molecule has 2 aromatic carbocycles. The summed E-state index contributed by atoms with van der Waals surface area (Å²) in [6.45, 7) is 14.0. The second-order valence-electron chi connectivity index (χ2n) is 8.89. The third-order valence-electron chi connectivity index (χ3n) is 5.36. The summed E-state index contributed by atoms with van der Waals surface area (Å²) in [5, 5.41) is 0. The predicted octanol–water partition coefficient (Wildman–Crippen LogP) is 6.48. The predicted molar refractivity (Wildman–Crippen MR) is 148 cm³/mol. The van der Waals surface area contributed by atoms with Gasteiger partial charge in [0.25, 0.3) is 0 Å². The summed E-state index contributed by atoms with van der Waals surface area (Å²) < 4.78 is 21.7. The van der Waals surface area contributed by atoms with E-state index >= 15 is 0 Å². The Labute approximate surface area is 219 Å². The maximum absolute atomic E-state index is 12.6. The van der Waals surface area contributed by atoms with Crippen LogP contribution in [0.4, 0.5) is 5.69 Å². The summed E-state index contributed by atoms with van der Waals surface area (Å²) in [6, 6.07) is 9.90. The molecule has 1 heterocycles. The van der Waals surface area contributed by atoms with Gasteiger partial charge in [0.2, 0.25) is 0 Å². The number of nitrogens with zero attached hydrogens (tertiary/aromatic N) is 2. The Bertz CT molecular complexity index is 1100. The summed E-state index contributed by atoms with van der Waals surface area (Å²) in [7, 11) is 12.9. The van der Waals surface area contributed by atoms with Gasteiger partial charge in [-0.1, -0.05) is 24.1 Å². The van der Waals surface area contributed by atoms with Gasteiger partial charge in [0.1, 0.15) is 0 Å². The van der Waals surface area contributed by atoms with E-state index in [1.165, 1.54) is 41.8 Å². The van der Waals surface area contributed by atoms with E-state index in [0.717, 1.165) is 5.56 Å². The molecule has 34 heavy (non-hydrogen) atoms. The van der Waals surface area contributed by atoms with E-state index in [1.54, 1.807) is 41.2 Å². The Morgan fingerprint density at radius 2 is 1.79 bits per heavy atom. The van der Waals surface area contributed by atoms with Crippen molar-refractivity contribution in [3.05, 3.63) is 59.1 Å². The van der Waals surface area contributed by atoms with Gasteiger partial charge in [-0.15, -0.1) is 0 Å². The van der Waals surface area contributed by atoms with Crippen LogP contribution < -0.4 is 9.64 Å². The summed E-state index contributed by atoms with van der Waals surface area (Å²) in [5.41, 5.74) is 6.37. The van der Waals surface area contributed by atoms with Crippen LogP contribution in [0, 0.1) is 27.3 Å². The quantitative estimate of drug-likeness (QED) is 0.213. The van der Waals surface area contributed by atoms with Gasteiger partial charge in [0, 0.05) is 5.69 Å². The Balaban J connectivity index is 0.000000254. The maximum Gasteiger partial charge on any atom is 0.0130 e. The first-order valence-corrected chi connectivity index (χ1v) is 18.4. The first-order valence-electron chi connectivity index (χ1n) is 11.2. The smallest absolute Gasteiger partial charge is 0.0130 e. The molecule has 0 saturated carbocycles. The number of anilines is 1. The second-order valence-corrected chi connectivity index (χ2v) is 17.1. The van der Waals surface area contributed by atoms with Crippen molar-refractivity contribution in [1.82, 2.24) is 4.31 Å². The summed E-state index contributed by atoms with van der Waals surface area (Å²) in [6.07, 6.45) is 2.57. The number of hydrogen-bond acceptors (Lipinski definition) is 3. The minimum Gasteiger partial charge on any atom is -0.522 e. The number of hydrogen-bond donors (Lipinski definition) is 0. The fraction of sp³-hybridized carbons (Fsp3) is 0.423. The molecule has 192 valence electrons. The average molecular weight is 614 g/mol. The maximum atomic E-state index is 12.6. The van der Waals surface area contributed by atoms with Crippen molar-refractivity contribution >= 4 is 45.3 Å². The van der Waals surface area contributed by atoms with Gasteiger partial charge in [-0.05, 0) is 38.4 Å². The standard InChI is InChI=1S/C13H19NO2S.C13H18N.2ClH.Ru/c1-10(2)16-13-8-7-12(9-11(13)3)17(6,15)14(4)5;1-10-8-11(2)13(12(3)9-10)14-6-4-5-7-14;;;/h3,7-10H,6H2,1-2,4-5H3;6,8-9H,4-5,7H2,1-3H3;2*1H;/q;-1;;;+2/p-2. The molecule has 0 radical (unpaired) electrons. The van der Waals surface area contributed by atoms with E-state index in [9.17, 15) is 4.21 Å². The first-order chi connectivity index (χ1) is 15.8. The summed E-state index contributed by atoms with van der Waals surface area (Å²) in [5.74, 6) is 4.49. The molecule has 0 spiro atoms.